The fraction of sp³-hybridized carbons (Fsp3) is 0.429. The first kappa shape index (κ1) is 32.2. The highest BCUT2D eigenvalue weighted by atomic mass is 35.5. The molecule has 3 aromatic rings. The number of unbranched alkanes of at least 4 members (excludes halogenated alkanes) is 7. The first-order valence-corrected chi connectivity index (χ1v) is 15.2. The Morgan fingerprint density at radius 3 is 2.27 bits per heavy atom. The molecule has 1 unspecified atom stereocenters. The van der Waals surface area contributed by atoms with Crippen LogP contribution in [-0.4, -0.2) is 35.6 Å². The molecule has 0 fully saturated rings. The number of hydrogen-bond donors (Lipinski definition) is 1. The van der Waals surface area contributed by atoms with Gasteiger partial charge < -0.3 is 14.6 Å². The molecule has 0 heterocycles. The summed E-state index contributed by atoms with van der Waals surface area (Å²) in [5, 5.41) is 11.4. The van der Waals surface area contributed by atoms with Crippen LogP contribution in [0.4, 0.5) is 0 Å². The SMILES string of the molecule is C=CCCCCCCCCCOc1ccc2c(-c3ccc(C(=O)OCC(Cl)CC(C)C)cc3)c(C(=O)O)ccc2c1. The molecule has 0 bridgehead atoms. The molecule has 0 spiro atoms. The third kappa shape index (κ3) is 10.2. The van der Waals surface area contributed by atoms with Crippen molar-refractivity contribution >= 4 is 34.3 Å². The van der Waals surface area contributed by atoms with Gasteiger partial charge in [-0.1, -0.05) is 76.3 Å². The summed E-state index contributed by atoms with van der Waals surface area (Å²) in [5.41, 5.74) is 1.90. The smallest absolute Gasteiger partial charge is 0.338 e. The van der Waals surface area contributed by atoms with E-state index in [2.05, 4.69) is 20.4 Å². The fourth-order valence-electron chi connectivity index (χ4n) is 4.95. The zero-order valence-electron chi connectivity index (χ0n) is 24.4. The van der Waals surface area contributed by atoms with Crippen molar-refractivity contribution in [3.63, 3.8) is 0 Å². The van der Waals surface area contributed by atoms with Gasteiger partial charge in [0.1, 0.15) is 12.4 Å². The topological polar surface area (TPSA) is 72.8 Å². The van der Waals surface area contributed by atoms with Gasteiger partial charge in [0.05, 0.1) is 23.1 Å². The number of hydrogen-bond acceptors (Lipinski definition) is 4. The number of rotatable bonds is 18. The lowest BCUT2D eigenvalue weighted by Gasteiger charge is -2.14. The van der Waals surface area contributed by atoms with Crippen LogP contribution in [0.25, 0.3) is 21.9 Å². The predicted molar refractivity (Wildman–Crippen MR) is 168 cm³/mol. The van der Waals surface area contributed by atoms with E-state index in [1.54, 1.807) is 30.3 Å². The number of esters is 1. The molecule has 6 heteroatoms. The molecule has 0 amide bonds. The van der Waals surface area contributed by atoms with Crippen LogP contribution in [0.2, 0.25) is 0 Å². The number of aromatic carboxylic acids is 1. The number of alkyl halides is 1. The Balaban J connectivity index is 1.64. The Labute approximate surface area is 249 Å². The summed E-state index contributed by atoms with van der Waals surface area (Å²) >= 11 is 6.25. The Morgan fingerprint density at radius 1 is 0.927 bits per heavy atom. The maximum atomic E-state index is 12.5. The number of allylic oxidation sites excluding steroid dienone is 1. The second kappa shape index (κ2) is 16.8. The minimum absolute atomic E-state index is 0.146. The molecular formula is C35H43ClO5. The maximum absolute atomic E-state index is 12.5. The van der Waals surface area contributed by atoms with Crippen molar-refractivity contribution in [3.05, 3.63) is 78.4 Å². The molecule has 0 aromatic heterocycles. The van der Waals surface area contributed by atoms with E-state index in [-0.39, 0.29) is 17.5 Å². The molecule has 41 heavy (non-hydrogen) atoms. The predicted octanol–water partition coefficient (Wildman–Crippen LogP) is 9.70. The monoisotopic (exact) mass is 578 g/mol. The van der Waals surface area contributed by atoms with Crippen LogP contribution in [0.1, 0.15) is 92.4 Å². The number of carbonyl (C=O) groups is 2. The zero-order chi connectivity index (χ0) is 29.6. The molecule has 220 valence electrons. The minimum Gasteiger partial charge on any atom is -0.494 e. The van der Waals surface area contributed by atoms with Crippen LogP contribution in [-0.2, 0) is 4.74 Å². The number of carbonyl (C=O) groups excluding carboxylic acids is 1. The average Bonchev–Trinajstić information content (AvgIpc) is 2.95. The second-order valence-corrected chi connectivity index (χ2v) is 11.6. The molecule has 0 saturated carbocycles. The molecular weight excluding hydrogens is 536 g/mol. The second-order valence-electron chi connectivity index (χ2n) is 11.0. The molecule has 0 aliphatic rings. The van der Waals surface area contributed by atoms with Gasteiger partial charge in [0.2, 0.25) is 0 Å². The number of ether oxygens (including phenoxy) is 2. The number of benzene rings is 3. The highest BCUT2D eigenvalue weighted by Gasteiger charge is 2.17. The number of carboxylic acids is 1. The summed E-state index contributed by atoms with van der Waals surface area (Å²) < 4.78 is 11.4. The summed E-state index contributed by atoms with van der Waals surface area (Å²) in [6.45, 7) is 8.71. The van der Waals surface area contributed by atoms with Gasteiger partial charge in [-0.15, -0.1) is 18.2 Å². The van der Waals surface area contributed by atoms with Crippen molar-refractivity contribution in [2.24, 2.45) is 5.92 Å². The standard InChI is InChI=1S/C35H43ClO5/c1-4-5-6-7-8-9-10-11-12-21-40-30-18-20-31-28(23-30)17-19-32(34(37)38)33(31)26-13-15-27(16-14-26)35(39)41-24-29(36)22-25(2)3/h4,13-20,23,25,29H,1,5-12,21-22,24H2,2-3H3,(H,37,38). The van der Waals surface area contributed by atoms with Gasteiger partial charge in [-0.2, -0.15) is 0 Å². The first-order valence-electron chi connectivity index (χ1n) is 14.8. The summed E-state index contributed by atoms with van der Waals surface area (Å²) in [6, 6.07) is 16.0. The highest BCUT2D eigenvalue weighted by Crippen LogP contribution is 2.34. The molecule has 3 aromatic carbocycles. The van der Waals surface area contributed by atoms with E-state index in [4.69, 9.17) is 21.1 Å². The Morgan fingerprint density at radius 2 is 1.61 bits per heavy atom. The van der Waals surface area contributed by atoms with E-state index in [0.717, 1.165) is 42.2 Å². The fourth-order valence-corrected chi connectivity index (χ4v) is 5.37. The van der Waals surface area contributed by atoms with Crippen molar-refractivity contribution in [1.82, 2.24) is 0 Å². The van der Waals surface area contributed by atoms with Crippen molar-refractivity contribution in [2.75, 3.05) is 13.2 Å². The van der Waals surface area contributed by atoms with E-state index in [9.17, 15) is 14.7 Å². The molecule has 0 aliphatic carbocycles. The van der Waals surface area contributed by atoms with E-state index in [1.807, 2.05) is 30.3 Å². The van der Waals surface area contributed by atoms with Crippen LogP contribution in [0.3, 0.4) is 0 Å². The lowest BCUT2D eigenvalue weighted by molar-refractivity contribution is 0.0498. The normalized spacial score (nSPS) is 11.9. The van der Waals surface area contributed by atoms with Crippen molar-refractivity contribution < 1.29 is 24.2 Å². The van der Waals surface area contributed by atoms with Gasteiger partial charge in [0, 0.05) is 5.56 Å². The highest BCUT2D eigenvalue weighted by molar-refractivity contribution is 6.20. The van der Waals surface area contributed by atoms with E-state index >= 15 is 0 Å². The van der Waals surface area contributed by atoms with E-state index < -0.39 is 11.9 Å². The van der Waals surface area contributed by atoms with Gasteiger partial charge >= 0.3 is 11.9 Å². The van der Waals surface area contributed by atoms with Crippen molar-refractivity contribution in [1.29, 1.82) is 0 Å². The van der Waals surface area contributed by atoms with Gasteiger partial charge in [-0.05, 0) is 78.3 Å². The van der Waals surface area contributed by atoms with Gasteiger partial charge in [0.25, 0.3) is 0 Å². The molecule has 3 rings (SSSR count). The zero-order valence-corrected chi connectivity index (χ0v) is 25.1. The Hall–Kier alpha value is -3.31. The van der Waals surface area contributed by atoms with Gasteiger partial charge in [0.15, 0.2) is 0 Å². The summed E-state index contributed by atoms with van der Waals surface area (Å²) in [4.78, 5) is 24.6. The molecule has 5 nitrogen and oxygen atoms in total. The third-order valence-corrected chi connectivity index (χ3v) is 7.38. The van der Waals surface area contributed by atoms with Crippen LogP contribution in [0, 0.1) is 5.92 Å². The largest absolute Gasteiger partial charge is 0.494 e. The lowest BCUT2D eigenvalue weighted by Crippen LogP contribution is -2.16. The number of fused-ring (bicyclic) bond motifs is 1. The Kier molecular flexibility index (Phi) is 13.2. The quantitative estimate of drug-likeness (QED) is 0.0703. The summed E-state index contributed by atoms with van der Waals surface area (Å²) in [6.07, 6.45) is 12.3. The van der Waals surface area contributed by atoms with Gasteiger partial charge in [-0.3, -0.25) is 0 Å². The van der Waals surface area contributed by atoms with E-state index in [0.29, 0.717) is 29.2 Å². The molecule has 0 saturated heterocycles. The average molecular weight is 579 g/mol. The van der Waals surface area contributed by atoms with Crippen LogP contribution >= 0.6 is 11.6 Å². The van der Waals surface area contributed by atoms with Crippen molar-refractivity contribution in [2.45, 2.75) is 77.0 Å². The molecule has 1 atom stereocenters. The molecule has 0 radical (unpaired) electrons. The van der Waals surface area contributed by atoms with Crippen LogP contribution < -0.4 is 4.74 Å². The minimum atomic E-state index is -1.01. The molecule has 0 aliphatic heterocycles. The van der Waals surface area contributed by atoms with E-state index in [1.165, 1.54) is 32.1 Å². The molecule has 1 N–H and O–H groups in total. The Bertz CT molecular complexity index is 1280. The lowest BCUT2D eigenvalue weighted by atomic mass is 9.92. The first-order chi connectivity index (χ1) is 19.8. The van der Waals surface area contributed by atoms with Crippen LogP contribution in [0.5, 0.6) is 5.75 Å². The number of carboxylic acid groups (broad SMARTS) is 1. The summed E-state index contributed by atoms with van der Waals surface area (Å²) in [7, 11) is 0. The maximum Gasteiger partial charge on any atom is 0.338 e. The summed E-state index contributed by atoms with van der Waals surface area (Å²) in [5.74, 6) is -0.277. The van der Waals surface area contributed by atoms with Crippen molar-refractivity contribution in [3.8, 4) is 16.9 Å². The van der Waals surface area contributed by atoms with Crippen LogP contribution in [0.15, 0.2) is 67.3 Å². The number of halogens is 1. The third-order valence-electron chi connectivity index (χ3n) is 7.07. The van der Waals surface area contributed by atoms with Gasteiger partial charge in [-0.25, -0.2) is 9.59 Å².